The van der Waals surface area contributed by atoms with Gasteiger partial charge in [-0.15, -0.1) is 0 Å². The third-order valence-corrected chi connectivity index (χ3v) is 7.19. The highest BCUT2D eigenvalue weighted by molar-refractivity contribution is 7.92. The van der Waals surface area contributed by atoms with E-state index in [9.17, 15) is 18.0 Å². The van der Waals surface area contributed by atoms with E-state index in [4.69, 9.17) is 11.6 Å². The molecule has 10 heteroatoms. The van der Waals surface area contributed by atoms with Gasteiger partial charge in [-0.25, -0.2) is 8.42 Å². The molecule has 0 saturated carbocycles. The molecule has 0 aliphatic rings. The number of H-pyrrole nitrogens is 2. The van der Waals surface area contributed by atoms with Gasteiger partial charge in [-0.05, 0) is 77.2 Å². The normalized spacial score (nSPS) is 11.7. The van der Waals surface area contributed by atoms with E-state index in [-0.39, 0.29) is 21.0 Å². The van der Waals surface area contributed by atoms with Gasteiger partial charge in [0, 0.05) is 5.69 Å². The number of halogens is 1. The van der Waals surface area contributed by atoms with Crippen molar-refractivity contribution in [3.63, 3.8) is 0 Å². The average Bonchev–Trinajstić information content (AvgIpc) is 3.15. The Kier molecular flexibility index (Phi) is 5.05. The summed E-state index contributed by atoms with van der Waals surface area (Å²) >= 11 is 7.76. The molecule has 3 N–H and O–H groups in total. The van der Waals surface area contributed by atoms with Crippen molar-refractivity contribution in [3.05, 3.63) is 77.9 Å². The fraction of sp³-hybridized carbons (Fsp3) is 0.100. The van der Waals surface area contributed by atoms with Crippen LogP contribution >= 0.6 is 22.9 Å². The molecule has 0 aliphatic carbocycles. The molecule has 154 valence electrons. The number of benzene rings is 2. The number of aromatic nitrogens is 2. The molecular formula is C20H16ClN3O4S2. The Morgan fingerprint density at radius 3 is 2.13 bits per heavy atom. The SMILES string of the molecule is Cc1cc(NS(=O)(=O)c2cc3[nH]c(=O)c(=O)[nH]c3cc2Cl)cc(C)c1-c1ccsc1. The Labute approximate surface area is 180 Å². The molecule has 0 saturated heterocycles. The number of hydrogen-bond acceptors (Lipinski definition) is 5. The zero-order chi connectivity index (χ0) is 21.6. The molecule has 0 fully saturated rings. The van der Waals surface area contributed by atoms with Gasteiger partial charge in [-0.1, -0.05) is 11.6 Å². The van der Waals surface area contributed by atoms with Crippen molar-refractivity contribution in [2.24, 2.45) is 0 Å². The molecule has 4 rings (SSSR count). The molecule has 0 atom stereocenters. The van der Waals surface area contributed by atoms with E-state index in [2.05, 4.69) is 14.7 Å². The Morgan fingerprint density at radius 1 is 0.967 bits per heavy atom. The first-order chi connectivity index (χ1) is 14.2. The molecule has 2 aromatic heterocycles. The van der Waals surface area contributed by atoms with E-state index in [0.29, 0.717) is 5.69 Å². The molecule has 0 bridgehead atoms. The van der Waals surface area contributed by atoms with Crippen molar-refractivity contribution < 1.29 is 8.42 Å². The van der Waals surface area contributed by atoms with Gasteiger partial charge < -0.3 is 9.97 Å². The van der Waals surface area contributed by atoms with Gasteiger partial charge in [0.05, 0.1) is 16.1 Å². The number of nitrogens with one attached hydrogen (secondary N) is 3. The lowest BCUT2D eigenvalue weighted by Gasteiger charge is -2.14. The van der Waals surface area contributed by atoms with Crippen LogP contribution in [0.4, 0.5) is 5.69 Å². The zero-order valence-corrected chi connectivity index (χ0v) is 18.3. The van der Waals surface area contributed by atoms with E-state index < -0.39 is 21.1 Å². The number of anilines is 1. The lowest BCUT2D eigenvalue weighted by Crippen LogP contribution is -2.29. The summed E-state index contributed by atoms with van der Waals surface area (Å²) in [4.78, 5) is 27.6. The topological polar surface area (TPSA) is 112 Å². The number of aromatic amines is 2. The molecule has 2 aromatic carbocycles. The minimum Gasteiger partial charge on any atom is -0.316 e. The van der Waals surface area contributed by atoms with E-state index in [1.807, 2.05) is 30.7 Å². The van der Waals surface area contributed by atoms with Crippen LogP contribution in [0.25, 0.3) is 22.2 Å². The second kappa shape index (κ2) is 7.42. The van der Waals surface area contributed by atoms with Gasteiger partial charge in [0.1, 0.15) is 4.90 Å². The van der Waals surface area contributed by atoms with Gasteiger partial charge in [0.25, 0.3) is 10.0 Å². The van der Waals surface area contributed by atoms with Crippen LogP contribution in [0.5, 0.6) is 0 Å². The smallest absolute Gasteiger partial charge is 0.314 e. The summed E-state index contributed by atoms with van der Waals surface area (Å²) in [7, 11) is -4.05. The summed E-state index contributed by atoms with van der Waals surface area (Å²) in [5.74, 6) is 0. The number of sulfonamides is 1. The van der Waals surface area contributed by atoms with Crippen molar-refractivity contribution in [1.82, 2.24) is 9.97 Å². The maximum Gasteiger partial charge on any atom is 0.314 e. The Morgan fingerprint density at radius 2 is 1.57 bits per heavy atom. The van der Waals surface area contributed by atoms with Gasteiger partial charge in [0.2, 0.25) is 0 Å². The van der Waals surface area contributed by atoms with E-state index in [0.717, 1.165) is 22.3 Å². The van der Waals surface area contributed by atoms with Gasteiger partial charge in [-0.2, -0.15) is 11.3 Å². The summed E-state index contributed by atoms with van der Waals surface area (Å²) in [6, 6.07) is 8.04. The van der Waals surface area contributed by atoms with Gasteiger partial charge >= 0.3 is 11.1 Å². The highest BCUT2D eigenvalue weighted by Crippen LogP contribution is 2.33. The minimum atomic E-state index is -4.05. The third kappa shape index (κ3) is 3.67. The van der Waals surface area contributed by atoms with Crippen molar-refractivity contribution in [2.45, 2.75) is 18.7 Å². The van der Waals surface area contributed by atoms with Gasteiger partial charge in [-0.3, -0.25) is 14.3 Å². The lowest BCUT2D eigenvalue weighted by molar-refractivity contribution is 0.601. The fourth-order valence-corrected chi connectivity index (χ4v) is 5.66. The van der Waals surface area contributed by atoms with Crippen LogP contribution in [0, 0.1) is 13.8 Å². The summed E-state index contributed by atoms with van der Waals surface area (Å²) < 4.78 is 28.5. The highest BCUT2D eigenvalue weighted by Gasteiger charge is 2.21. The van der Waals surface area contributed by atoms with Crippen LogP contribution in [-0.2, 0) is 10.0 Å². The first-order valence-electron chi connectivity index (χ1n) is 8.78. The van der Waals surface area contributed by atoms with Crippen molar-refractivity contribution in [3.8, 4) is 11.1 Å². The Balaban J connectivity index is 1.76. The van der Waals surface area contributed by atoms with Crippen LogP contribution < -0.4 is 15.8 Å². The zero-order valence-electron chi connectivity index (χ0n) is 15.9. The monoisotopic (exact) mass is 461 g/mol. The predicted molar refractivity (Wildman–Crippen MR) is 120 cm³/mol. The molecule has 0 spiro atoms. The molecule has 4 aromatic rings. The highest BCUT2D eigenvalue weighted by atomic mass is 35.5. The van der Waals surface area contributed by atoms with Crippen LogP contribution in [0.1, 0.15) is 11.1 Å². The predicted octanol–water partition coefficient (Wildman–Crippen LogP) is 4.02. The number of fused-ring (bicyclic) bond motifs is 1. The molecule has 7 nitrogen and oxygen atoms in total. The second-order valence-corrected chi connectivity index (χ2v) is 9.68. The number of hydrogen-bond donors (Lipinski definition) is 3. The van der Waals surface area contributed by atoms with Crippen LogP contribution in [0.15, 0.2) is 55.6 Å². The lowest BCUT2D eigenvalue weighted by atomic mass is 9.97. The van der Waals surface area contributed by atoms with Crippen LogP contribution in [0.3, 0.4) is 0 Å². The summed E-state index contributed by atoms with van der Waals surface area (Å²) in [5.41, 5.74) is 3.06. The molecule has 0 unspecified atom stereocenters. The summed E-state index contributed by atoms with van der Waals surface area (Å²) in [5, 5.41) is 3.95. The standard InChI is InChI=1S/C20H16ClN3O4S2/c1-10-5-13(6-11(2)18(10)12-3-4-29-9-12)24-30(27,28)17-8-16-15(7-14(17)21)22-19(25)20(26)23-16/h3-9,24H,1-2H3,(H,22,25)(H,23,26). The van der Waals surface area contributed by atoms with E-state index in [1.165, 1.54) is 12.1 Å². The second-order valence-electron chi connectivity index (χ2n) is 6.84. The van der Waals surface area contributed by atoms with Crippen molar-refractivity contribution in [1.29, 1.82) is 0 Å². The maximum absolute atomic E-state index is 13.0. The fourth-order valence-electron chi connectivity index (χ4n) is 3.42. The Bertz CT molecular complexity index is 1480. The molecule has 0 amide bonds. The van der Waals surface area contributed by atoms with Gasteiger partial charge in [0.15, 0.2) is 0 Å². The van der Waals surface area contributed by atoms with E-state index >= 15 is 0 Å². The first kappa shape index (κ1) is 20.4. The Hall–Kier alpha value is -2.88. The molecule has 0 radical (unpaired) electrons. The first-order valence-corrected chi connectivity index (χ1v) is 11.6. The van der Waals surface area contributed by atoms with Crippen LogP contribution in [-0.4, -0.2) is 18.4 Å². The molecular weight excluding hydrogens is 446 g/mol. The number of aryl methyl sites for hydroxylation is 2. The van der Waals surface area contributed by atoms with Crippen LogP contribution in [0.2, 0.25) is 5.02 Å². The van der Waals surface area contributed by atoms with E-state index in [1.54, 1.807) is 23.5 Å². The minimum absolute atomic E-state index is 0.0824. The largest absolute Gasteiger partial charge is 0.316 e. The summed E-state index contributed by atoms with van der Waals surface area (Å²) in [6.07, 6.45) is 0. The summed E-state index contributed by atoms with van der Waals surface area (Å²) in [6.45, 7) is 3.84. The third-order valence-electron chi connectivity index (χ3n) is 4.66. The quantitative estimate of drug-likeness (QED) is 0.398. The number of thiophene rings is 1. The molecule has 30 heavy (non-hydrogen) atoms. The number of rotatable bonds is 4. The van der Waals surface area contributed by atoms with Crippen molar-refractivity contribution in [2.75, 3.05) is 4.72 Å². The van der Waals surface area contributed by atoms with Crippen molar-refractivity contribution >= 4 is 49.7 Å². The molecule has 2 heterocycles. The maximum atomic E-state index is 13.0. The average molecular weight is 462 g/mol. The molecule has 0 aliphatic heterocycles.